The molecule has 2 rings (SSSR count). The molecule has 0 amide bonds. The Morgan fingerprint density at radius 2 is 1.26 bits per heavy atom. The third-order valence-corrected chi connectivity index (χ3v) is 4.53. The van der Waals surface area contributed by atoms with Gasteiger partial charge in [0.05, 0.1) is 12.1 Å². The van der Waals surface area contributed by atoms with E-state index in [1.54, 1.807) is 0 Å². The molecule has 2 saturated carbocycles. The molecule has 2 unspecified atom stereocenters. The Hall–Kier alpha value is -1.44. The minimum atomic E-state index is -5.67. The highest BCUT2D eigenvalue weighted by atomic mass is 19.4. The van der Waals surface area contributed by atoms with Gasteiger partial charge in [0.15, 0.2) is 10.8 Å². The predicted molar refractivity (Wildman–Crippen MR) is 49.0 cm³/mol. The summed E-state index contributed by atoms with van der Waals surface area (Å²) in [6.45, 7) is 0. The van der Waals surface area contributed by atoms with Crippen LogP contribution in [0.5, 0.6) is 0 Å². The normalized spacial score (nSPS) is 31.8. The maximum Gasteiger partial charge on any atom is 0.406 e. The van der Waals surface area contributed by atoms with Crippen molar-refractivity contribution in [3.8, 4) is 12.1 Å². The van der Waals surface area contributed by atoms with E-state index >= 15 is 0 Å². The molecule has 0 heterocycles. The molecule has 0 aliphatic heterocycles. The summed E-state index contributed by atoms with van der Waals surface area (Å²) in [7, 11) is 0. The van der Waals surface area contributed by atoms with Gasteiger partial charge in [-0.25, -0.2) is 0 Å². The highest BCUT2D eigenvalue weighted by Crippen LogP contribution is 2.76. The lowest BCUT2D eigenvalue weighted by Crippen LogP contribution is -2.62. The Morgan fingerprint density at radius 1 is 0.842 bits per heavy atom. The van der Waals surface area contributed by atoms with Crippen molar-refractivity contribution in [2.45, 2.75) is 31.6 Å². The fourth-order valence-corrected chi connectivity index (χ4v) is 3.87. The Bertz CT molecular complexity index is 449. The number of halogens is 6. The molecule has 0 aromatic heterocycles. The highest BCUT2D eigenvalue weighted by molar-refractivity contribution is 5.34. The average Bonchev–Trinajstić information content (AvgIpc) is 2.82. The standard InChI is InChI=1S/C11H8F6N2/c12-10(13,14)9(11(15,16)17)7-2-1-6(3-7)8(9,4-18)5-19/h6-7H,1-3H2. The molecule has 0 saturated heterocycles. The van der Waals surface area contributed by atoms with Gasteiger partial charge in [-0.2, -0.15) is 36.9 Å². The summed E-state index contributed by atoms with van der Waals surface area (Å²) >= 11 is 0. The first-order chi connectivity index (χ1) is 8.58. The molecule has 2 aliphatic rings. The van der Waals surface area contributed by atoms with E-state index in [4.69, 9.17) is 10.5 Å². The topological polar surface area (TPSA) is 47.6 Å². The fourth-order valence-electron chi connectivity index (χ4n) is 3.87. The Labute approximate surface area is 104 Å². The lowest BCUT2D eigenvalue weighted by molar-refractivity contribution is -0.376. The Balaban J connectivity index is 2.80. The van der Waals surface area contributed by atoms with Crippen molar-refractivity contribution in [1.82, 2.24) is 0 Å². The van der Waals surface area contributed by atoms with E-state index in [0.29, 0.717) is 0 Å². The zero-order valence-electron chi connectivity index (χ0n) is 9.44. The van der Waals surface area contributed by atoms with Crippen LogP contribution in [0.2, 0.25) is 0 Å². The summed E-state index contributed by atoms with van der Waals surface area (Å²) in [6, 6.07) is 2.12. The largest absolute Gasteiger partial charge is 0.406 e. The van der Waals surface area contributed by atoms with Crippen LogP contribution in [0.1, 0.15) is 19.3 Å². The SMILES string of the molecule is N#CC1(C#N)C2CCC(C2)C1(C(F)(F)F)C(F)(F)F. The first-order valence-corrected chi connectivity index (χ1v) is 5.54. The molecule has 2 nitrogen and oxygen atoms in total. The molecule has 0 N–H and O–H groups in total. The van der Waals surface area contributed by atoms with E-state index in [0.717, 1.165) is 12.1 Å². The van der Waals surface area contributed by atoms with Crippen molar-refractivity contribution < 1.29 is 26.3 Å². The van der Waals surface area contributed by atoms with Crippen molar-refractivity contribution in [3.05, 3.63) is 0 Å². The number of nitrogens with zero attached hydrogens (tertiary/aromatic N) is 2. The van der Waals surface area contributed by atoms with Gasteiger partial charge in [-0.1, -0.05) is 0 Å². The summed E-state index contributed by atoms with van der Waals surface area (Å²) in [4.78, 5) is 0. The molecule has 2 atom stereocenters. The first kappa shape index (κ1) is 14.0. The van der Waals surface area contributed by atoms with E-state index in [1.165, 1.54) is 0 Å². The fraction of sp³-hybridized carbons (Fsp3) is 0.818. The lowest BCUT2D eigenvalue weighted by Gasteiger charge is -2.47. The van der Waals surface area contributed by atoms with Gasteiger partial charge in [0.1, 0.15) is 0 Å². The molecule has 19 heavy (non-hydrogen) atoms. The van der Waals surface area contributed by atoms with Crippen molar-refractivity contribution >= 4 is 0 Å². The van der Waals surface area contributed by atoms with E-state index in [-0.39, 0.29) is 19.3 Å². The molecule has 2 bridgehead atoms. The predicted octanol–water partition coefficient (Wildman–Crippen LogP) is 3.56. The highest BCUT2D eigenvalue weighted by Gasteiger charge is 2.88. The Kier molecular flexibility index (Phi) is 2.62. The van der Waals surface area contributed by atoms with Gasteiger partial charge < -0.3 is 0 Å². The quantitative estimate of drug-likeness (QED) is 0.638. The molecule has 2 aliphatic carbocycles. The summed E-state index contributed by atoms with van der Waals surface area (Å²) in [5, 5.41) is 17.9. The van der Waals surface area contributed by atoms with Crippen LogP contribution in [0.15, 0.2) is 0 Å². The Morgan fingerprint density at radius 3 is 1.58 bits per heavy atom. The van der Waals surface area contributed by atoms with Gasteiger partial charge in [-0.3, -0.25) is 0 Å². The van der Waals surface area contributed by atoms with Crippen LogP contribution in [0, 0.1) is 45.3 Å². The van der Waals surface area contributed by atoms with Gasteiger partial charge >= 0.3 is 12.4 Å². The second kappa shape index (κ2) is 3.56. The summed E-state index contributed by atoms with van der Waals surface area (Å²) < 4.78 is 79.3. The van der Waals surface area contributed by atoms with Crippen LogP contribution in [-0.4, -0.2) is 12.4 Å². The van der Waals surface area contributed by atoms with Crippen LogP contribution in [0.25, 0.3) is 0 Å². The van der Waals surface area contributed by atoms with Crippen LogP contribution in [0.3, 0.4) is 0 Å². The van der Waals surface area contributed by atoms with Crippen molar-refractivity contribution in [2.75, 3.05) is 0 Å². The van der Waals surface area contributed by atoms with E-state index in [9.17, 15) is 26.3 Å². The van der Waals surface area contributed by atoms with Gasteiger partial charge in [-0.05, 0) is 31.1 Å². The van der Waals surface area contributed by atoms with Crippen LogP contribution in [-0.2, 0) is 0 Å². The maximum absolute atomic E-state index is 13.2. The molecular formula is C11H8F6N2. The number of hydrogen-bond acceptors (Lipinski definition) is 2. The zero-order valence-corrected chi connectivity index (χ0v) is 9.44. The number of rotatable bonds is 0. The second-order valence-corrected chi connectivity index (χ2v) is 5.04. The third-order valence-electron chi connectivity index (χ3n) is 4.53. The summed E-state index contributed by atoms with van der Waals surface area (Å²) in [5.74, 6) is -2.91. The van der Waals surface area contributed by atoms with Crippen LogP contribution < -0.4 is 0 Å². The van der Waals surface area contributed by atoms with Gasteiger partial charge in [0.25, 0.3) is 0 Å². The zero-order chi connectivity index (χ0) is 14.7. The minimum Gasteiger partial charge on any atom is -0.197 e. The van der Waals surface area contributed by atoms with Crippen LogP contribution in [0.4, 0.5) is 26.3 Å². The lowest BCUT2D eigenvalue weighted by atomic mass is 9.56. The van der Waals surface area contributed by atoms with Gasteiger partial charge in [-0.15, -0.1) is 0 Å². The van der Waals surface area contributed by atoms with Gasteiger partial charge in [0, 0.05) is 0 Å². The molecule has 0 aromatic rings. The van der Waals surface area contributed by atoms with Crippen molar-refractivity contribution in [1.29, 1.82) is 10.5 Å². The van der Waals surface area contributed by atoms with Crippen molar-refractivity contribution in [3.63, 3.8) is 0 Å². The first-order valence-electron chi connectivity index (χ1n) is 5.54. The molecule has 2 fully saturated rings. The molecule has 0 aromatic carbocycles. The molecular weight excluding hydrogens is 274 g/mol. The monoisotopic (exact) mass is 282 g/mol. The number of nitriles is 2. The summed E-state index contributed by atoms with van der Waals surface area (Å²) in [6.07, 6.45) is -11.9. The van der Waals surface area contributed by atoms with E-state index in [1.807, 2.05) is 0 Å². The molecule has 104 valence electrons. The number of fused-ring (bicyclic) bond motifs is 2. The van der Waals surface area contributed by atoms with E-state index in [2.05, 4.69) is 0 Å². The molecule has 0 radical (unpaired) electrons. The van der Waals surface area contributed by atoms with Gasteiger partial charge in [0.2, 0.25) is 0 Å². The number of hydrogen-bond donors (Lipinski definition) is 0. The van der Waals surface area contributed by atoms with Crippen molar-refractivity contribution in [2.24, 2.45) is 22.7 Å². The molecule has 0 spiro atoms. The smallest absolute Gasteiger partial charge is 0.197 e. The van der Waals surface area contributed by atoms with E-state index < -0.39 is 35.0 Å². The third kappa shape index (κ3) is 1.27. The average molecular weight is 282 g/mol. The second-order valence-electron chi connectivity index (χ2n) is 5.04. The van der Waals surface area contributed by atoms with Crippen LogP contribution >= 0.6 is 0 Å². The number of alkyl halides is 6. The maximum atomic E-state index is 13.2. The minimum absolute atomic E-state index is 0.0553. The summed E-state index contributed by atoms with van der Waals surface area (Å²) in [5.41, 5.74) is -7.29. The molecule has 8 heteroatoms.